The second kappa shape index (κ2) is 19.5. The number of hydrogen-bond donors (Lipinski definition) is 7. The van der Waals surface area contributed by atoms with Gasteiger partial charge in [0, 0.05) is 43.1 Å². The first-order valence-electron chi connectivity index (χ1n) is 17.8. The van der Waals surface area contributed by atoms with E-state index >= 15 is 0 Å². The highest BCUT2D eigenvalue weighted by molar-refractivity contribution is 8.76. The number of methoxy groups -OCH3 is 1. The maximum Gasteiger partial charge on any atom is 0.168 e. The number of phenolic OH excluding ortho intramolecular Hbond substituents is 3. The van der Waals surface area contributed by atoms with Gasteiger partial charge in [0.1, 0.15) is 23.5 Å². The number of aryl methyl sites for hydroxylation is 1. The third-order valence-corrected chi connectivity index (χ3v) is 11.6. The first kappa shape index (κ1) is 39.7. The molecular weight excluding hydrogens is 701 g/mol. The molecule has 7 N–H and O–H groups in total. The van der Waals surface area contributed by atoms with Crippen LogP contribution < -0.4 is 15.4 Å². The van der Waals surface area contributed by atoms with Gasteiger partial charge in [0.2, 0.25) is 0 Å². The lowest BCUT2D eigenvalue weighted by molar-refractivity contribution is -0.124. The Hall–Kier alpha value is -3.49. The molecule has 280 valence electrons. The zero-order chi connectivity index (χ0) is 37.0. The quantitative estimate of drug-likeness (QED) is 0.0493. The van der Waals surface area contributed by atoms with Gasteiger partial charge in [-0.2, -0.15) is 0 Å². The summed E-state index contributed by atoms with van der Waals surface area (Å²) in [4.78, 5) is 13.8. The minimum absolute atomic E-state index is 0.00935. The van der Waals surface area contributed by atoms with Gasteiger partial charge in [-0.15, -0.1) is 0 Å². The first-order chi connectivity index (χ1) is 25.2. The lowest BCUT2D eigenvalue weighted by Crippen LogP contribution is -2.31. The van der Waals surface area contributed by atoms with Crippen molar-refractivity contribution in [2.24, 2.45) is 0 Å². The van der Waals surface area contributed by atoms with Crippen LogP contribution in [0.5, 0.6) is 23.0 Å². The van der Waals surface area contributed by atoms with Crippen LogP contribution in [0.3, 0.4) is 0 Å². The van der Waals surface area contributed by atoms with E-state index in [1.54, 1.807) is 51.9 Å². The maximum atomic E-state index is 13.8. The van der Waals surface area contributed by atoms with Gasteiger partial charge in [-0.1, -0.05) is 51.9 Å². The standard InChI is InChI=1S/C40H50N2O8S2/c1-41-22-25-17-28(19-32(47)18-25)40(42-15-3-4-16-43)50-33-12-11-31(46)23-51-52-24-36-34(13-7-26-5-9-30(45)21-35(26)36)38-27(6-10-29(44)20-33)8-14-37(48)39(38)49-2/h5,7-9,13-14,17-19,21,31,33,40-43,45-48H,3-4,6,10-12,15-16,20,22-24H2,1-2H3/t31-,33+,40-/m0/s1. The molecule has 1 heterocycles. The normalized spacial score (nSPS) is 18.1. The number of hydrogen-bond acceptors (Lipinski definition) is 12. The lowest BCUT2D eigenvalue weighted by atomic mass is 9.89. The number of unbranched alkanes of at least 4 members (excludes halogenated alkanes) is 1. The molecule has 0 saturated heterocycles. The number of rotatable bonds is 11. The van der Waals surface area contributed by atoms with Gasteiger partial charge in [-0.25, -0.2) is 0 Å². The largest absolute Gasteiger partial charge is 0.508 e. The Bertz CT molecular complexity index is 1810. The van der Waals surface area contributed by atoms with Crippen LogP contribution in [-0.2, 0) is 28.2 Å². The van der Waals surface area contributed by atoms with Crippen molar-refractivity contribution < 1.29 is 39.8 Å². The highest BCUT2D eigenvalue weighted by Crippen LogP contribution is 2.45. The summed E-state index contributed by atoms with van der Waals surface area (Å²) in [6.07, 6.45) is 1.15. The SMILES string of the molecule is CNCc1cc(O)cc([C@@H](NCCCCO)O[C@@H]2CC[C@H](O)CSSCc3c(ccc4ccc(O)cc34)-c3c(ccc(O)c3OC)CCC(=O)C2)c1. The summed E-state index contributed by atoms with van der Waals surface area (Å²) in [6, 6.07) is 18.0. The number of nitrogens with one attached hydrogen (secondary N) is 2. The third-order valence-electron chi connectivity index (χ3n) is 9.24. The van der Waals surface area contributed by atoms with Crippen LogP contribution in [0.25, 0.3) is 21.9 Å². The van der Waals surface area contributed by atoms with E-state index in [0.29, 0.717) is 68.0 Å². The topological polar surface area (TPSA) is 161 Å². The van der Waals surface area contributed by atoms with Gasteiger partial charge in [0.05, 0.1) is 19.3 Å². The van der Waals surface area contributed by atoms with Gasteiger partial charge in [0.15, 0.2) is 11.5 Å². The Morgan fingerprint density at radius 3 is 2.56 bits per heavy atom. The first-order valence-corrected chi connectivity index (χ1v) is 20.2. The number of Topliss-reactive ketones (excluding diaryl/α,β-unsaturated/α-hetero) is 1. The predicted molar refractivity (Wildman–Crippen MR) is 209 cm³/mol. The number of aliphatic hydroxyl groups is 2. The predicted octanol–water partition coefficient (Wildman–Crippen LogP) is 6.73. The van der Waals surface area contributed by atoms with Crippen LogP contribution in [0.15, 0.2) is 60.7 Å². The molecule has 5 rings (SSSR count). The van der Waals surface area contributed by atoms with Gasteiger partial charge < -0.3 is 40.3 Å². The number of aromatic hydroxyl groups is 3. The van der Waals surface area contributed by atoms with E-state index in [2.05, 4.69) is 10.6 Å². The minimum Gasteiger partial charge on any atom is -0.508 e. The molecule has 0 unspecified atom stereocenters. The molecule has 0 aliphatic carbocycles. The Balaban J connectivity index is 1.48. The van der Waals surface area contributed by atoms with Crippen molar-refractivity contribution in [2.45, 2.75) is 75.7 Å². The number of ketones is 1. The van der Waals surface area contributed by atoms with Crippen molar-refractivity contribution in [1.29, 1.82) is 0 Å². The average molecular weight is 751 g/mol. The summed E-state index contributed by atoms with van der Waals surface area (Å²) in [5.74, 6) is 1.57. The van der Waals surface area contributed by atoms with Crippen LogP contribution in [0.2, 0.25) is 0 Å². The number of aliphatic hydroxyl groups excluding tert-OH is 2. The molecule has 0 amide bonds. The molecule has 0 radical (unpaired) electrons. The molecule has 1 aliphatic rings. The van der Waals surface area contributed by atoms with Crippen LogP contribution in [-0.4, -0.2) is 76.6 Å². The molecule has 0 aromatic heterocycles. The van der Waals surface area contributed by atoms with Crippen molar-refractivity contribution in [2.75, 3.05) is 33.1 Å². The zero-order valence-corrected chi connectivity index (χ0v) is 31.4. The summed E-state index contributed by atoms with van der Waals surface area (Å²) in [5.41, 5.74) is 4.96. The Kier molecular flexibility index (Phi) is 14.9. The van der Waals surface area contributed by atoms with Crippen molar-refractivity contribution in [3.8, 4) is 34.1 Å². The fraction of sp³-hybridized carbons (Fsp3) is 0.425. The van der Waals surface area contributed by atoms with E-state index in [1.165, 1.54) is 7.11 Å². The Morgan fingerprint density at radius 1 is 0.942 bits per heavy atom. The smallest absolute Gasteiger partial charge is 0.168 e. The molecular formula is C40H50N2O8S2. The van der Waals surface area contributed by atoms with E-state index in [1.807, 2.05) is 37.4 Å². The number of ether oxygens (including phenoxy) is 2. The maximum absolute atomic E-state index is 13.8. The van der Waals surface area contributed by atoms with Gasteiger partial charge in [0.25, 0.3) is 0 Å². The zero-order valence-electron chi connectivity index (χ0n) is 29.8. The molecule has 10 nitrogen and oxygen atoms in total. The van der Waals surface area contributed by atoms with Gasteiger partial charge in [-0.3, -0.25) is 10.1 Å². The fourth-order valence-electron chi connectivity index (χ4n) is 6.68. The summed E-state index contributed by atoms with van der Waals surface area (Å²) in [5, 5.41) is 60.7. The van der Waals surface area contributed by atoms with Crippen LogP contribution in [0.4, 0.5) is 0 Å². The fourth-order valence-corrected chi connectivity index (χ4v) is 8.98. The highest BCUT2D eigenvalue weighted by atomic mass is 33.1. The minimum atomic E-state index is -0.639. The molecule has 3 atom stereocenters. The third kappa shape index (κ3) is 10.6. The average Bonchev–Trinajstić information content (AvgIpc) is 3.12. The van der Waals surface area contributed by atoms with Crippen molar-refractivity contribution in [1.82, 2.24) is 10.6 Å². The van der Waals surface area contributed by atoms with Crippen LogP contribution >= 0.6 is 21.6 Å². The summed E-state index contributed by atoms with van der Waals surface area (Å²) < 4.78 is 12.4. The van der Waals surface area contributed by atoms with Gasteiger partial charge in [-0.05, 0) is 115 Å². The lowest BCUT2D eigenvalue weighted by Gasteiger charge is -2.27. The molecule has 4 aromatic carbocycles. The molecule has 1 aliphatic heterocycles. The second-order valence-corrected chi connectivity index (χ2v) is 15.7. The van der Waals surface area contributed by atoms with E-state index in [4.69, 9.17) is 9.47 Å². The number of carbonyl (C=O) groups is 1. The molecule has 4 aromatic rings. The van der Waals surface area contributed by atoms with Crippen LogP contribution in [0.1, 0.15) is 67.0 Å². The molecule has 0 bridgehead atoms. The molecule has 0 saturated carbocycles. The van der Waals surface area contributed by atoms with Crippen molar-refractivity contribution in [3.63, 3.8) is 0 Å². The van der Waals surface area contributed by atoms with E-state index in [0.717, 1.165) is 38.6 Å². The summed E-state index contributed by atoms with van der Waals surface area (Å²) in [7, 11) is 6.51. The number of carbonyl (C=O) groups excluding carboxylic acids is 1. The number of benzene rings is 4. The van der Waals surface area contributed by atoms with Crippen molar-refractivity contribution >= 4 is 38.1 Å². The molecule has 52 heavy (non-hydrogen) atoms. The number of phenols is 3. The van der Waals surface area contributed by atoms with E-state index in [-0.39, 0.29) is 42.5 Å². The van der Waals surface area contributed by atoms with E-state index in [9.17, 15) is 30.3 Å². The Morgan fingerprint density at radius 2 is 1.77 bits per heavy atom. The van der Waals surface area contributed by atoms with E-state index < -0.39 is 18.4 Å². The summed E-state index contributed by atoms with van der Waals surface area (Å²) in [6.45, 7) is 1.19. The van der Waals surface area contributed by atoms with Crippen molar-refractivity contribution in [3.05, 3.63) is 82.9 Å². The Labute approximate surface area is 313 Å². The second-order valence-electron chi connectivity index (χ2n) is 13.2. The molecule has 12 heteroatoms. The number of fused-ring (bicyclic) bond motifs is 5. The summed E-state index contributed by atoms with van der Waals surface area (Å²) >= 11 is 0. The monoisotopic (exact) mass is 750 g/mol. The highest BCUT2D eigenvalue weighted by Gasteiger charge is 2.25. The molecule has 0 fully saturated rings. The molecule has 0 spiro atoms. The van der Waals surface area contributed by atoms with Gasteiger partial charge >= 0.3 is 0 Å². The van der Waals surface area contributed by atoms with Crippen LogP contribution in [0, 0.1) is 0 Å².